The van der Waals surface area contributed by atoms with Gasteiger partial charge in [0.2, 0.25) is 0 Å². The largest absolute Gasteiger partial charge is 0.380 e. The van der Waals surface area contributed by atoms with E-state index in [1.54, 1.807) is 0 Å². The number of hydrogen-bond donors (Lipinski definition) is 1. The predicted octanol–water partition coefficient (Wildman–Crippen LogP) is 1.78. The minimum absolute atomic E-state index is 0.414. The van der Waals surface area contributed by atoms with Crippen LogP contribution in [0.25, 0.3) is 0 Å². The summed E-state index contributed by atoms with van der Waals surface area (Å²) in [7, 11) is 1.81. The number of ether oxygens (including phenoxy) is 1. The Hall–Kier alpha value is -0.930. The highest BCUT2D eigenvalue weighted by molar-refractivity contribution is 5.09. The van der Waals surface area contributed by atoms with Crippen LogP contribution < -0.4 is 5.32 Å². The molecule has 0 saturated heterocycles. The molecule has 0 spiro atoms. The smallest absolute Gasteiger partial charge is 0.0724 e. The summed E-state index contributed by atoms with van der Waals surface area (Å²) in [5.41, 5.74) is 1.34. The molecule has 0 aromatic carbocycles. The first-order valence-corrected chi connectivity index (χ1v) is 6.05. The third-order valence-corrected chi connectivity index (χ3v) is 3.32. The molecule has 16 heavy (non-hydrogen) atoms. The third-order valence-electron chi connectivity index (χ3n) is 3.32. The molecule has 1 aliphatic rings. The number of rotatable bonds is 5. The van der Waals surface area contributed by atoms with Crippen LogP contribution >= 0.6 is 0 Å². The Bertz CT molecular complexity index is 302. The number of hydrogen-bond acceptors (Lipinski definition) is 3. The van der Waals surface area contributed by atoms with Crippen LogP contribution in [0, 0.1) is 0 Å². The molecule has 88 valence electrons. The van der Waals surface area contributed by atoms with E-state index in [2.05, 4.69) is 22.4 Å². The first kappa shape index (κ1) is 11.6. The zero-order chi connectivity index (χ0) is 11.2. The zero-order valence-corrected chi connectivity index (χ0v) is 9.86. The lowest BCUT2D eigenvalue weighted by Crippen LogP contribution is -2.37. The SMILES string of the molecule is COC1CCCC1NCCc1ccncc1. The Kier molecular flexibility index (Phi) is 4.31. The van der Waals surface area contributed by atoms with Crippen LogP contribution in [0.4, 0.5) is 0 Å². The van der Waals surface area contributed by atoms with Gasteiger partial charge in [0, 0.05) is 25.5 Å². The number of methoxy groups -OCH3 is 1. The van der Waals surface area contributed by atoms with Crippen LogP contribution in [0.5, 0.6) is 0 Å². The number of nitrogens with zero attached hydrogens (tertiary/aromatic N) is 1. The average molecular weight is 220 g/mol. The van der Waals surface area contributed by atoms with Crippen molar-refractivity contribution in [3.63, 3.8) is 0 Å². The summed E-state index contributed by atoms with van der Waals surface area (Å²) in [5.74, 6) is 0. The Morgan fingerprint density at radius 1 is 1.38 bits per heavy atom. The normalized spacial score (nSPS) is 24.8. The maximum atomic E-state index is 5.45. The molecular weight excluding hydrogens is 200 g/mol. The highest BCUT2D eigenvalue weighted by Gasteiger charge is 2.25. The van der Waals surface area contributed by atoms with Crippen LogP contribution in [0.3, 0.4) is 0 Å². The van der Waals surface area contributed by atoms with Crippen LogP contribution in [0.1, 0.15) is 24.8 Å². The fourth-order valence-corrected chi connectivity index (χ4v) is 2.39. The molecule has 2 atom stereocenters. The number of aromatic nitrogens is 1. The average Bonchev–Trinajstić information content (AvgIpc) is 2.78. The second-order valence-electron chi connectivity index (χ2n) is 4.37. The predicted molar refractivity (Wildman–Crippen MR) is 64.4 cm³/mol. The van der Waals surface area contributed by atoms with Crippen LogP contribution in [0.15, 0.2) is 24.5 Å². The van der Waals surface area contributed by atoms with Gasteiger partial charge in [0.15, 0.2) is 0 Å². The van der Waals surface area contributed by atoms with Crippen molar-refractivity contribution in [2.24, 2.45) is 0 Å². The summed E-state index contributed by atoms with van der Waals surface area (Å²) < 4.78 is 5.45. The highest BCUT2D eigenvalue weighted by atomic mass is 16.5. The summed E-state index contributed by atoms with van der Waals surface area (Å²) in [6.07, 6.45) is 8.91. The summed E-state index contributed by atoms with van der Waals surface area (Å²) >= 11 is 0. The lowest BCUT2D eigenvalue weighted by Gasteiger charge is -2.19. The van der Waals surface area contributed by atoms with E-state index in [1.807, 2.05) is 19.5 Å². The van der Waals surface area contributed by atoms with Gasteiger partial charge in [-0.15, -0.1) is 0 Å². The molecule has 0 radical (unpaired) electrons. The molecule has 2 unspecified atom stereocenters. The molecule has 1 fully saturated rings. The summed E-state index contributed by atoms with van der Waals surface area (Å²) in [6.45, 7) is 1.02. The molecule has 1 aromatic heterocycles. The van der Waals surface area contributed by atoms with Gasteiger partial charge in [-0.2, -0.15) is 0 Å². The molecule has 3 heteroatoms. The molecule has 1 heterocycles. The van der Waals surface area contributed by atoms with Crippen LogP contribution in [0.2, 0.25) is 0 Å². The van der Waals surface area contributed by atoms with E-state index in [0.717, 1.165) is 13.0 Å². The van der Waals surface area contributed by atoms with Gasteiger partial charge in [0.05, 0.1) is 6.10 Å². The van der Waals surface area contributed by atoms with Gasteiger partial charge in [-0.25, -0.2) is 0 Å². The molecule has 0 amide bonds. The van der Waals surface area contributed by atoms with Gasteiger partial charge in [0.1, 0.15) is 0 Å². The molecule has 3 nitrogen and oxygen atoms in total. The van der Waals surface area contributed by atoms with E-state index < -0.39 is 0 Å². The van der Waals surface area contributed by atoms with Crippen molar-refractivity contribution in [1.29, 1.82) is 0 Å². The van der Waals surface area contributed by atoms with Crippen molar-refractivity contribution in [3.05, 3.63) is 30.1 Å². The van der Waals surface area contributed by atoms with E-state index in [9.17, 15) is 0 Å². The van der Waals surface area contributed by atoms with Crippen molar-refractivity contribution >= 4 is 0 Å². The zero-order valence-electron chi connectivity index (χ0n) is 9.86. The molecule has 1 N–H and O–H groups in total. The standard InChI is InChI=1S/C13H20N2O/c1-16-13-4-2-3-12(13)15-10-7-11-5-8-14-9-6-11/h5-6,8-9,12-13,15H,2-4,7,10H2,1H3. The fourth-order valence-electron chi connectivity index (χ4n) is 2.39. The van der Waals surface area contributed by atoms with Crippen molar-refractivity contribution in [2.45, 2.75) is 37.8 Å². The van der Waals surface area contributed by atoms with Gasteiger partial charge in [0.25, 0.3) is 0 Å². The maximum Gasteiger partial charge on any atom is 0.0724 e. The Morgan fingerprint density at radius 2 is 2.19 bits per heavy atom. The third kappa shape index (κ3) is 3.03. The molecule has 1 aromatic rings. The topological polar surface area (TPSA) is 34.1 Å². The van der Waals surface area contributed by atoms with Crippen molar-refractivity contribution in [3.8, 4) is 0 Å². The van der Waals surface area contributed by atoms with E-state index in [1.165, 1.54) is 24.8 Å². The van der Waals surface area contributed by atoms with E-state index in [0.29, 0.717) is 12.1 Å². The molecule has 0 bridgehead atoms. The molecule has 2 rings (SSSR count). The van der Waals surface area contributed by atoms with E-state index in [-0.39, 0.29) is 0 Å². The maximum absolute atomic E-state index is 5.45. The van der Waals surface area contributed by atoms with Crippen LogP contribution in [-0.4, -0.2) is 30.8 Å². The fraction of sp³-hybridized carbons (Fsp3) is 0.615. The Morgan fingerprint density at radius 3 is 2.94 bits per heavy atom. The van der Waals surface area contributed by atoms with E-state index >= 15 is 0 Å². The Balaban J connectivity index is 1.72. The van der Waals surface area contributed by atoms with Gasteiger partial charge < -0.3 is 10.1 Å². The monoisotopic (exact) mass is 220 g/mol. The molecule has 1 saturated carbocycles. The van der Waals surface area contributed by atoms with E-state index in [4.69, 9.17) is 4.74 Å². The minimum Gasteiger partial charge on any atom is -0.380 e. The summed E-state index contributed by atoms with van der Waals surface area (Å²) in [6, 6.07) is 4.70. The van der Waals surface area contributed by atoms with Crippen LogP contribution in [-0.2, 0) is 11.2 Å². The summed E-state index contributed by atoms with van der Waals surface area (Å²) in [5, 5.41) is 3.59. The first-order chi connectivity index (χ1) is 7.90. The van der Waals surface area contributed by atoms with Gasteiger partial charge in [-0.1, -0.05) is 0 Å². The quantitative estimate of drug-likeness (QED) is 0.821. The lowest BCUT2D eigenvalue weighted by molar-refractivity contribution is 0.0854. The summed E-state index contributed by atoms with van der Waals surface area (Å²) in [4.78, 5) is 4.02. The highest BCUT2D eigenvalue weighted by Crippen LogP contribution is 2.21. The second kappa shape index (κ2) is 5.97. The van der Waals surface area contributed by atoms with Crippen molar-refractivity contribution in [2.75, 3.05) is 13.7 Å². The first-order valence-electron chi connectivity index (χ1n) is 6.05. The lowest BCUT2D eigenvalue weighted by atomic mass is 10.1. The molecule has 0 aliphatic heterocycles. The molecular formula is C13H20N2O. The number of pyridine rings is 1. The Labute approximate surface area is 97.2 Å². The van der Waals surface area contributed by atoms with Crippen molar-refractivity contribution in [1.82, 2.24) is 10.3 Å². The minimum atomic E-state index is 0.414. The van der Waals surface area contributed by atoms with Gasteiger partial charge >= 0.3 is 0 Å². The second-order valence-corrected chi connectivity index (χ2v) is 4.37. The number of nitrogens with one attached hydrogen (secondary N) is 1. The molecule has 1 aliphatic carbocycles. The van der Waals surface area contributed by atoms with Crippen molar-refractivity contribution < 1.29 is 4.74 Å². The van der Waals surface area contributed by atoms with Gasteiger partial charge in [-0.3, -0.25) is 4.98 Å². The van der Waals surface area contributed by atoms with Gasteiger partial charge in [-0.05, 0) is 49.9 Å².